The Morgan fingerprint density at radius 2 is 1.39 bits per heavy atom. The maximum Gasteiger partial charge on any atom is 0.416 e. The molecule has 0 aromatic heterocycles. The van der Waals surface area contributed by atoms with Crippen molar-refractivity contribution in [1.29, 1.82) is 0 Å². The van der Waals surface area contributed by atoms with Crippen LogP contribution in [-0.2, 0) is 33.9 Å². The molecule has 0 radical (unpaired) electrons. The second-order valence-corrected chi connectivity index (χ2v) is 6.95. The lowest BCUT2D eigenvalue weighted by Crippen LogP contribution is -2.45. The molecule has 3 rings (SSSR count). The normalized spacial score (nSPS) is 16.7. The van der Waals surface area contributed by atoms with Crippen molar-refractivity contribution >= 4 is 5.78 Å². The average Bonchev–Trinajstić information content (AvgIpc) is 2.59. The van der Waals surface area contributed by atoms with Crippen molar-refractivity contribution in [2.75, 3.05) is 6.61 Å². The van der Waals surface area contributed by atoms with Crippen LogP contribution in [0.1, 0.15) is 35.1 Å². The second-order valence-electron chi connectivity index (χ2n) is 6.95. The molecule has 8 heteroatoms. The molecule has 0 spiro atoms. The third-order valence-electron chi connectivity index (χ3n) is 4.75. The van der Waals surface area contributed by atoms with Gasteiger partial charge in [-0.05, 0) is 29.3 Å². The number of alkyl halides is 6. The van der Waals surface area contributed by atoms with Gasteiger partial charge >= 0.3 is 12.4 Å². The summed E-state index contributed by atoms with van der Waals surface area (Å²) < 4.78 is 83.1. The quantitative estimate of drug-likeness (QED) is 0.614. The molecule has 2 aromatic rings. The molecule has 0 aliphatic heterocycles. The number of ketones is 1. The third kappa shape index (κ3) is 4.38. The van der Waals surface area contributed by atoms with E-state index in [9.17, 15) is 31.1 Å². The van der Waals surface area contributed by atoms with Gasteiger partial charge in [0.2, 0.25) is 0 Å². The van der Waals surface area contributed by atoms with Crippen molar-refractivity contribution in [3.63, 3.8) is 0 Å². The van der Waals surface area contributed by atoms with Gasteiger partial charge in [-0.25, -0.2) is 0 Å². The number of carbonyl (C=O) groups excluding carboxylic acids is 1. The van der Waals surface area contributed by atoms with E-state index in [-0.39, 0.29) is 36.9 Å². The fourth-order valence-corrected chi connectivity index (χ4v) is 3.35. The van der Waals surface area contributed by atoms with Crippen LogP contribution in [0.2, 0.25) is 0 Å². The van der Waals surface area contributed by atoms with Gasteiger partial charge in [-0.2, -0.15) is 26.3 Å². The number of hydrogen-bond donors (Lipinski definition) is 0. The molecule has 0 atom stereocenters. The molecule has 2 nitrogen and oxygen atoms in total. The molecule has 28 heavy (non-hydrogen) atoms. The molecular weight excluding hydrogens is 386 g/mol. The number of rotatable bonds is 5. The van der Waals surface area contributed by atoms with Crippen molar-refractivity contribution in [3.8, 4) is 0 Å². The van der Waals surface area contributed by atoms with E-state index in [2.05, 4.69) is 0 Å². The van der Waals surface area contributed by atoms with Gasteiger partial charge < -0.3 is 4.74 Å². The number of ether oxygens (including phenoxy) is 1. The summed E-state index contributed by atoms with van der Waals surface area (Å²) in [6.45, 7) is -0.393. The fourth-order valence-electron chi connectivity index (χ4n) is 3.35. The van der Waals surface area contributed by atoms with Gasteiger partial charge in [-0.1, -0.05) is 30.3 Å². The van der Waals surface area contributed by atoms with Crippen LogP contribution in [0.5, 0.6) is 0 Å². The van der Waals surface area contributed by atoms with Gasteiger partial charge in [0.05, 0.1) is 24.3 Å². The zero-order chi connectivity index (χ0) is 20.6. The van der Waals surface area contributed by atoms with Crippen LogP contribution in [0.25, 0.3) is 0 Å². The first-order valence-electron chi connectivity index (χ1n) is 8.43. The largest absolute Gasteiger partial charge is 0.416 e. The van der Waals surface area contributed by atoms with Crippen LogP contribution < -0.4 is 0 Å². The zero-order valence-electron chi connectivity index (χ0n) is 14.5. The minimum Gasteiger partial charge on any atom is -0.376 e. The first kappa shape index (κ1) is 20.4. The summed E-state index contributed by atoms with van der Waals surface area (Å²) in [5.41, 5.74) is -2.71. The molecule has 1 aliphatic rings. The molecule has 2 aromatic carbocycles. The molecule has 0 bridgehead atoms. The summed E-state index contributed by atoms with van der Waals surface area (Å²) in [4.78, 5) is 11.5. The Kier molecular flexibility index (Phi) is 5.27. The molecule has 1 saturated carbocycles. The zero-order valence-corrected chi connectivity index (χ0v) is 14.5. The van der Waals surface area contributed by atoms with E-state index in [4.69, 9.17) is 4.74 Å². The van der Waals surface area contributed by atoms with Crippen LogP contribution in [0, 0.1) is 0 Å². The number of carbonyl (C=O) groups is 1. The molecule has 0 amide bonds. The summed E-state index contributed by atoms with van der Waals surface area (Å²) in [6, 6.07) is 10.4. The Balaban J connectivity index is 1.78. The molecular formula is C20H16F6O2. The number of halogens is 6. The van der Waals surface area contributed by atoms with Crippen LogP contribution in [0.3, 0.4) is 0 Å². The van der Waals surface area contributed by atoms with Crippen molar-refractivity contribution in [2.45, 2.75) is 37.2 Å². The molecule has 0 heterocycles. The topological polar surface area (TPSA) is 26.3 Å². The summed E-state index contributed by atoms with van der Waals surface area (Å²) >= 11 is 0. The standard InChI is InChI=1S/C20H16F6O2/c21-19(22,23)15-6-13(7-16(8-15)20(24,25)26)11-28-12-18(9-17(27)10-18)14-4-2-1-3-5-14/h1-8H,9-12H2. The Labute approximate surface area is 157 Å². The molecule has 1 aliphatic carbocycles. The van der Waals surface area contributed by atoms with Gasteiger partial charge in [-0.15, -0.1) is 0 Å². The van der Waals surface area contributed by atoms with E-state index in [0.29, 0.717) is 12.1 Å². The SMILES string of the molecule is O=C1CC(COCc2cc(C(F)(F)F)cc(C(F)(F)F)c2)(c2ccccc2)C1. The van der Waals surface area contributed by atoms with E-state index >= 15 is 0 Å². The minimum absolute atomic E-state index is 0.0281. The van der Waals surface area contributed by atoms with Crippen molar-refractivity contribution in [1.82, 2.24) is 0 Å². The third-order valence-corrected chi connectivity index (χ3v) is 4.75. The Hall–Kier alpha value is -2.35. The number of benzene rings is 2. The fraction of sp³-hybridized carbons (Fsp3) is 0.350. The van der Waals surface area contributed by atoms with Crippen LogP contribution >= 0.6 is 0 Å². The van der Waals surface area contributed by atoms with Crippen molar-refractivity contribution < 1.29 is 35.9 Å². The lowest BCUT2D eigenvalue weighted by molar-refractivity contribution is -0.143. The first-order valence-corrected chi connectivity index (χ1v) is 8.43. The van der Waals surface area contributed by atoms with E-state index < -0.39 is 35.5 Å². The highest BCUT2D eigenvalue weighted by Gasteiger charge is 2.45. The summed E-state index contributed by atoms with van der Waals surface area (Å²) in [6.07, 6.45) is -9.34. The monoisotopic (exact) mass is 402 g/mol. The van der Waals surface area contributed by atoms with Crippen LogP contribution in [-0.4, -0.2) is 12.4 Å². The van der Waals surface area contributed by atoms with E-state index in [1.807, 2.05) is 12.1 Å². The molecule has 0 saturated heterocycles. The molecule has 150 valence electrons. The highest BCUT2D eigenvalue weighted by molar-refractivity contribution is 5.88. The average molecular weight is 402 g/mol. The number of hydrogen-bond acceptors (Lipinski definition) is 2. The second kappa shape index (κ2) is 7.24. The predicted octanol–water partition coefficient (Wildman–Crippen LogP) is 5.54. The van der Waals surface area contributed by atoms with E-state index in [0.717, 1.165) is 5.56 Å². The van der Waals surface area contributed by atoms with Gasteiger partial charge in [0.25, 0.3) is 0 Å². The summed E-state index contributed by atoms with van der Waals surface area (Å²) in [5, 5.41) is 0. The predicted molar refractivity (Wildman–Crippen MR) is 88.5 cm³/mol. The van der Waals surface area contributed by atoms with Gasteiger partial charge in [0.15, 0.2) is 0 Å². The minimum atomic E-state index is -4.90. The van der Waals surface area contributed by atoms with Crippen molar-refractivity contribution in [2.24, 2.45) is 0 Å². The Bertz CT molecular complexity index is 815. The Morgan fingerprint density at radius 3 is 1.86 bits per heavy atom. The Morgan fingerprint density at radius 1 is 0.857 bits per heavy atom. The van der Waals surface area contributed by atoms with Gasteiger partial charge in [0, 0.05) is 18.3 Å². The van der Waals surface area contributed by atoms with Gasteiger partial charge in [0.1, 0.15) is 5.78 Å². The highest BCUT2D eigenvalue weighted by Crippen LogP contribution is 2.42. The summed E-state index contributed by atoms with van der Waals surface area (Å²) in [5.74, 6) is 0.0332. The lowest BCUT2D eigenvalue weighted by atomic mass is 9.64. The highest BCUT2D eigenvalue weighted by atomic mass is 19.4. The first-order chi connectivity index (χ1) is 13.0. The maximum atomic E-state index is 12.9. The van der Waals surface area contributed by atoms with E-state index in [1.165, 1.54) is 0 Å². The lowest BCUT2D eigenvalue weighted by Gasteiger charge is -2.40. The molecule has 1 fully saturated rings. The van der Waals surface area contributed by atoms with Crippen LogP contribution in [0.4, 0.5) is 26.3 Å². The van der Waals surface area contributed by atoms with E-state index in [1.54, 1.807) is 18.2 Å². The van der Waals surface area contributed by atoms with Crippen LogP contribution in [0.15, 0.2) is 48.5 Å². The molecule has 0 N–H and O–H groups in total. The van der Waals surface area contributed by atoms with Crippen molar-refractivity contribution in [3.05, 3.63) is 70.8 Å². The molecule has 0 unspecified atom stereocenters. The number of Topliss-reactive ketones (excluding diaryl/α,β-unsaturated/α-hetero) is 1. The summed E-state index contributed by atoms with van der Waals surface area (Å²) in [7, 11) is 0. The smallest absolute Gasteiger partial charge is 0.376 e. The van der Waals surface area contributed by atoms with Gasteiger partial charge in [-0.3, -0.25) is 4.79 Å². The maximum absolute atomic E-state index is 12.9.